The zero-order chi connectivity index (χ0) is 14.5. The van der Waals surface area contributed by atoms with E-state index in [0.717, 1.165) is 13.0 Å². The number of likely N-dealkylation sites (tertiary alicyclic amines) is 1. The maximum Gasteiger partial charge on any atom is 0.0393 e. The summed E-state index contributed by atoms with van der Waals surface area (Å²) in [4.78, 5) is 2.68. The van der Waals surface area contributed by atoms with Gasteiger partial charge in [0, 0.05) is 12.1 Å². The van der Waals surface area contributed by atoms with Crippen LogP contribution in [-0.2, 0) is 6.42 Å². The Kier molecular flexibility index (Phi) is 5.62. The number of nitrogens with zero attached hydrogens (tertiary/aromatic N) is 1. The molecule has 1 aromatic carbocycles. The number of aryl methyl sites for hydroxylation is 1. The molecule has 20 heavy (non-hydrogen) atoms. The third-order valence-electron chi connectivity index (χ3n) is 4.77. The van der Waals surface area contributed by atoms with Crippen molar-refractivity contribution in [1.82, 2.24) is 4.90 Å². The highest BCUT2D eigenvalue weighted by Crippen LogP contribution is 2.37. The molecule has 0 radical (unpaired) electrons. The monoisotopic (exact) mass is 274 g/mol. The molecule has 2 unspecified atom stereocenters. The van der Waals surface area contributed by atoms with Gasteiger partial charge in [-0.05, 0) is 63.2 Å². The van der Waals surface area contributed by atoms with Crippen molar-refractivity contribution in [2.45, 2.75) is 58.5 Å². The van der Waals surface area contributed by atoms with Crippen molar-refractivity contribution in [2.24, 2.45) is 11.7 Å². The van der Waals surface area contributed by atoms with Crippen molar-refractivity contribution in [1.29, 1.82) is 0 Å². The zero-order valence-electron chi connectivity index (χ0n) is 13.3. The molecule has 2 rings (SSSR count). The summed E-state index contributed by atoms with van der Waals surface area (Å²) in [6.07, 6.45) is 4.99. The van der Waals surface area contributed by atoms with Gasteiger partial charge < -0.3 is 5.73 Å². The smallest absolute Gasteiger partial charge is 0.0393 e. The van der Waals surface area contributed by atoms with Gasteiger partial charge in [0.15, 0.2) is 0 Å². The molecule has 2 heteroatoms. The Hall–Kier alpha value is -0.860. The van der Waals surface area contributed by atoms with Crippen LogP contribution in [0.25, 0.3) is 0 Å². The summed E-state index contributed by atoms with van der Waals surface area (Å²) in [5.74, 6) is 0.590. The molecule has 0 bridgehead atoms. The highest BCUT2D eigenvalue weighted by molar-refractivity contribution is 5.31. The van der Waals surface area contributed by atoms with Gasteiger partial charge in [-0.3, -0.25) is 4.90 Å². The molecule has 0 amide bonds. The Balaban J connectivity index is 2.43. The van der Waals surface area contributed by atoms with Crippen LogP contribution in [0.2, 0.25) is 0 Å². The van der Waals surface area contributed by atoms with Crippen LogP contribution in [0.15, 0.2) is 24.3 Å². The Bertz CT molecular complexity index is 414. The molecule has 0 aromatic heterocycles. The van der Waals surface area contributed by atoms with Crippen LogP contribution in [0, 0.1) is 5.92 Å². The highest BCUT2D eigenvalue weighted by atomic mass is 15.2. The highest BCUT2D eigenvalue weighted by Gasteiger charge is 2.32. The summed E-state index contributed by atoms with van der Waals surface area (Å²) in [5, 5.41) is 0. The first-order valence-electron chi connectivity index (χ1n) is 8.22. The van der Waals surface area contributed by atoms with Crippen molar-refractivity contribution in [2.75, 3.05) is 13.1 Å². The van der Waals surface area contributed by atoms with Crippen LogP contribution in [0.3, 0.4) is 0 Å². The van der Waals surface area contributed by atoms with E-state index in [4.69, 9.17) is 5.73 Å². The summed E-state index contributed by atoms with van der Waals surface area (Å²) in [5.41, 5.74) is 9.13. The standard InChI is InChI=1S/C18H30N2/c1-4-15-9-5-6-11-17(15)18-16(13-19)10-7-8-12-20(18)14(2)3/h5-6,9,11,14,16,18H,4,7-8,10,12-13,19H2,1-3H3. The molecule has 112 valence electrons. The molecule has 0 spiro atoms. The summed E-state index contributed by atoms with van der Waals surface area (Å²) >= 11 is 0. The predicted octanol–water partition coefficient (Wildman–Crippen LogP) is 3.76. The Labute approximate surface area is 124 Å². The van der Waals surface area contributed by atoms with E-state index in [0.29, 0.717) is 18.0 Å². The molecule has 1 saturated heterocycles. The van der Waals surface area contributed by atoms with Crippen LogP contribution in [-0.4, -0.2) is 24.0 Å². The Morgan fingerprint density at radius 1 is 1.25 bits per heavy atom. The quantitative estimate of drug-likeness (QED) is 0.906. The van der Waals surface area contributed by atoms with Gasteiger partial charge in [0.1, 0.15) is 0 Å². The van der Waals surface area contributed by atoms with Crippen LogP contribution in [0.1, 0.15) is 57.2 Å². The van der Waals surface area contributed by atoms with E-state index < -0.39 is 0 Å². The van der Waals surface area contributed by atoms with Gasteiger partial charge in [-0.25, -0.2) is 0 Å². The molecule has 2 nitrogen and oxygen atoms in total. The third-order valence-corrected chi connectivity index (χ3v) is 4.77. The SMILES string of the molecule is CCc1ccccc1C1C(CN)CCCCN1C(C)C. The van der Waals surface area contributed by atoms with Gasteiger partial charge in [-0.2, -0.15) is 0 Å². The largest absolute Gasteiger partial charge is 0.330 e. The summed E-state index contributed by atoms with van der Waals surface area (Å²) in [7, 11) is 0. The third kappa shape index (κ3) is 3.24. The van der Waals surface area contributed by atoms with Gasteiger partial charge in [-0.1, -0.05) is 37.6 Å². The summed E-state index contributed by atoms with van der Waals surface area (Å²) in [6, 6.07) is 10.0. The number of nitrogens with two attached hydrogens (primary N) is 1. The number of hydrogen-bond donors (Lipinski definition) is 1. The average Bonchev–Trinajstić information content (AvgIpc) is 2.69. The topological polar surface area (TPSA) is 29.3 Å². The van der Waals surface area contributed by atoms with E-state index >= 15 is 0 Å². The maximum atomic E-state index is 6.13. The second-order valence-corrected chi connectivity index (χ2v) is 6.32. The van der Waals surface area contributed by atoms with E-state index in [9.17, 15) is 0 Å². The lowest BCUT2D eigenvalue weighted by Gasteiger charge is -2.38. The van der Waals surface area contributed by atoms with Crippen LogP contribution < -0.4 is 5.73 Å². The second-order valence-electron chi connectivity index (χ2n) is 6.32. The Morgan fingerprint density at radius 3 is 2.65 bits per heavy atom. The van der Waals surface area contributed by atoms with Gasteiger partial charge in [0.2, 0.25) is 0 Å². The van der Waals surface area contributed by atoms with Crippen molar-refractivity contribution in [3.8, 4) is 0 Å². The lowest BCUT2D eigenvalue weighted by atomic mass is 9.85. The van der Waals surface area contributed by atoms with Gasteiger partial charge >= 0.3 is 0 Å². The molecular weight excluding hydrogens is 244 g/mol. The number of benzene rings is 1. The molecule has 0 aliphatic carbocycles. The average molecular weight is 274 g/mol. The van der Waals surface area contributed by atoms with Gasteiger partial charge in [-0.15, -0.1) is 0 Å². The molecule has 1 aliphatic heterocycles. The first-order valence-corrected chi connectivity index (χ1v) is 8.22. The van der Waals surface area contributed by atoms with Crippen LogP contribution in [0.5, 0.6) is 0 Å². The molecule has 1 fully saturated rings. The van der Waals surface area contributed by atoms with Crippen molar-refractivity contribution < 1.29 is 0 Å². The van der Waals surface area contributed by atoms with Gasteiger partial charge in [0.05, 0.1) is 0 Å². The molecule has 2 atom stereocenters. The van der Waals surface area contributed by atoms with E-state index in [2.05, 4.69) is 49.9 Å². The fourth-order valence-electron chi connectivity index (χ4n) is 3.67. The summed E-state index contributed by atoms with van der Waals surface area (Å²) < 4.78 is 0. The van der Waals surface area contributed by atoms with Crippen LogP contribution >= 0.6 is 0 Å². The van der Waals surface area contributed by atoms with E-state index in [1.807, 2.05) is 0 Å². The molecule has 2 N–H and O–H groups in total. The second kappa shape index (κ2) is 7.24. The van der Waals surface area contributed by atoms with Crippen molar-refractivity contribution >= 4 is 0 Å². The first-order chi connectivity index (χ1) is 9.69. The molecule has 1 aromatic rings. The number of rotatable bonds is 4. The molecule has 1 aliphatic rings. The number of hydrogen-bond acceptors (Lipinski definition) is 2. The lowest BCUT2D eigenvalue weighted by Crippen LogP contribution is -2.40. The minimum atomic E-state index is 0.499. The first kappa shape index (κ1) is 15.5. The minimum absolute atomic E-state index is 0.499. The van der Waals surface area contributed by atoms with Crippen molar-refractivity contribution in [3.63, 3.8) is 0 Å². The minimum Gasteiger partial charge on any atom is -0.330 e. The van der Waals surface area contributed by atoms with Gasteiger partial charge in [0.25, 0.3) is 0 Å². The molecule has 1 heterocycles. The Morgan fingerprint density at radius 2 is 2.00 bits per heavy atom. The zero-order valence-corrected chi connectivity index (χ0v) is 13.3. The normalized spacial score (nSPS) is 24.9. The van der Waals surface area contributed by atoms with Crippen LogP contribution in [0.4, 0.5) is 0 Å². The fraction of sp³-hybridized carbons (Fsp3) is 0.667. The molecule has 0 saturated carbocycles. The fourth-order valence-corrected chi connectivity index (χ4v) is 3.67. The van der Waals surface area contributed by atoms with E-state index in [-0.39, 0.29) is 0 Å². The maximum absolute atomic E-state index is 6.13. The van der Waals surface area contributed by atoms with E-state index in [1.165, 1.54) is 36.9 Å². The van der Waals surface area contributed by atoms with Crippen molar-refractivity contribution in [3.05, 3.63) is 35.4 Å². The lowest BCUT2D eigenvalue weighted by molar-refractivity contribution is 0.121. The summed E-state index contributed by atoms with van der Waals surface area (Å²) in [6.45, 7) is 8.90. The molecular formula is C18H30N2. The van der Waals surface area contributed by atoms with E-state index in [1.54, 1.807) is 0 Å². The predicted molar refractivity (Wildman–Crippen MR) is 86.8 cm³/mol.